The van der Waals surface area contributed by atoms with Gasteiger partial charge in [0.25, 0.3) is 0 Å². The number of sulfonamides is 1. The normalized spacial score (nSPS) is 22.6. The van der Waals surface area contributed by atoms with Crippen LogP contribution in [0.15, 0.2) is 48.5 Å². The van der Waals surface area contributed by atoms with Crippen LogP contribution in [0, 0.1) is 0 Å². The van der Waals surface area contributed by atoms with E-state index < -0.39 is 10.0 Å². The Hall–Kier alpha value is -2.38. The molecule has 7 heteroatoms. The highest BCUT2D eigenvalue weighted by molar-refractivity contribution is 7.88. The van der Waals surface area contributed by atoms with E-state index in [0.29, 0.717) is 26.0 Å². The number of hydrogen-bond donors (Lipinski definition) is 1. The molecule has 2 aromatic carbocycles. The van der Waals surface area contributed by atoms with E-state index in [2.05, 4.69) is 41.1 Å². The van der Waals surface area contributed by atoms with E-state index in [1.165, 1.54) is 11.1 Å². The fraction of sp³-hybridized carbons (Fsp3) is 0.435. The molecule has 2 aliphatic rings. The van der Waals surface area contributed by atoms with Crippen molar-refractivity contribution >= 4 is 16.1 Å². The monoisotopic (exact) mass is 428 g/mol. The summed E-state index contributed by atoms with van der Waals surface area (Å²) in [6.07, 6.45) is 4.62. The van der Waals surface area contributed by atoms with Gasteiger partial charge in [-0.25, -0.2) is 17.9 Å². The summed E-state index contributed by atoms with van der Waals surface area (Å²) >= 11 is 0. The maximum atomic E-state index is 12.7. The minimum atomic E-state index is -3.38. The van der Waals surface area contributed by atoms with Crippen LogP contribution in [0.2, 0.25) is 0 Å². The third-order valence-electron chi connectivity index (χ3n) is 5.91. The minimum absolute atomic E-state index is 0.277. The van der Waals surface area contributed by atoms with Crippen molar-refractivity contribution in [1.29, 1.82) is 0 Å². The highest BCUT2D eigenvalue weighted by Gasteiger charge is 2.39. The number of cyclic esters (lactones) is 1. The van der Waals surface area contributed by atoms with Crippen molar-refractivity contribution in [2.75, 3.05) is 19.4 Å². The van der Waals surface area contributed by atoms with Crippen LogP contribution in [0.25, 0.3) is 11.1 Å². The molecule has 2 aliphatic heterocycles. The highest BCUT2D eigenvalue weighted by atomic mass is 32.2. The van der Waals surface area contributed by atoms with E-state index >= 15 is 0 Å². The number of hydrogen-bond acceptors (Lipinski definition) is 4. The molecule has 4 rings (SSSR count). The number of nitrogens with zero attached hydrogens (tertiary/aromatic N) is 1. The molecule has 1 saturated heterocycles. The van der Waals surface area contributed by atoms with Crippen LogP contribution in [0.4, 0.5) is 4.79 Å². The number of ether oxygens (including phenoxy) is 1. The lowest BCUT2D eigenvalue weighted by atomic mass is 9.93. The van der Waals surface area contributed by atoms with E-state index in [4.69, 9.17) is 4.74 Å². The van der Waals surface area contributed by atoms with Gasteiger partial charge in [0.1, 0.15) is 0 Å². The van der Waals surface area contributed by atoms with Gasteiger partial charge in [-0.1, -0.05) is 48.5 Å². The van der Waals surface area contributed by atoms with Gasteiger partial charge in [0.05, 0.1) is 18.9 Å². The Morgan fingerprint density at radius 3 is 2.77 bits per heavy atom. The summed E-state index contributed by atoms with van der Waals surface area (Å²) in [7, 11) is -3.38. The second-order valence-electron chi connectivity index (χ2n) is 8.18. The van der Waals surface area contributed by atoms with Crippen molar-refractivity contribution in [2.24, 2.45) is 0 Å². The topological polar surface area (TPSA) is 75.7 Å². The maximum Gasteiger partial charge on any atom is 0.410 e. The van der Waals surface area contributed by atoms with Crippen LogP contribution in [-0.4, -0.2) is 50.9 Å². The standard InChI is InChI=1S/C23H28N2O4S/c1-30(27,28)24-21-12-13-25-22(21)16-17-7-6-10-19(15-17)20-11-3-2-8-18(20)9-4-5-14-29-23(25)26/h2-3,6-8,10-11,15,21-22,24H,4-5,9,12-14,16H2,1H3. The molecule has 2 unspecified atom stereocenters. The van der Waals surface area contributed by atoms with Crippen LogP contribution in [0.5, 0.6) is 0 Å². The third-order valence-corrected chi connectivity index (χ3v) is 6.64. The number of carbonyl (C=O) groups is 1. The predicted molar refractivity (Wildman–Crippen MR) is 117 cm³/mol. The van der Waals surface area contributed by atoms with Gasteiger partial charge in [-0.2, -0.15) is 0 Å². The number of aryl methyl sites for hydroxylation is 1. The Morgan fingerprint density at radius 1 is 1.10 bits per heavy atom. The molecular weight excluding hydrogens is 400 g/mol. The number of benzene rings is 2. The second kappa shape index (κ2) is 8.78. The average molecular weight is 429 g/mol. The molecule has 0 spiro atoms. The van der Waals surface area contributed by atoms with Crippen LogP contribution in [0.3, 0.4) is 0 Å². The smallest absolute Gasteiger partial charge is 0.410 e. The van der Waals surface area contributed by atoms with Gasteiger partial charge in [-0.15, -0.1) is 0 Å². The maximum absolute atomic E-state index is 12.7. The molecule has 6 nitrogen and oxygen atoms in total. The average Bonchev–Trinajstić information content (AvgIpc) is 3.08. The third kappa shape index (κ3) is 4.84. The Balaban J connectivity index is 1.71. The molecule has 0 aromatic heterocycles. The van der Waals surface area contributed by atoms with Gasteiger partial charge >= 0.3 is 6.09 Å². The van der Waals surface area contributed by atoms with E-state index in [-0.39, 0.29) is 18.2 Å². The van der Waals surface area contributed by atoms with E-state index in [0.717, 1.165) is 36.6 Å². The van der Waals surface area contributed by atoms with Crippen molar-refractivity contribution < 1.29 is 17.9 Å². The summed E-state index contributed by atoms with van der Waals surface area (Å²) in [5.41, 5.74) is 4.74. The van der Waals surface area contributed by atoms with Crippen LogP contribution in [0.1, 0.15) is 30.4 Å². The quantitative estimate of drug-likeness (QED) is 0.796. The van der Waals surface area contributed by atoms with Gasteiger partial charge in [0.2, 0.25) is 10.0 Å². The fourth-order valence-corrected chi connectivity index (χ4v) is 5.36. The zero-order valence-corrected chi connectivity index (χ0v) is 18.0. The van der Waals surface area contributed by atoms with E-state index in [1.54, 1.807) is 4.90 Å². The first-order chi connectivity index (χ1) is 14.4. The van der Waals surface area contributed by atoms with E-state index in [9.17, 15) is 13.2 Å². The summed E-state index contributed by atoms with van der Waals surface area (Å²) in [6, 6.07) is 16.2. The summed E-state index contributed by atoms with van der Waals surface area (Å²) in [4.78, 5) is 14.4. The van der Waals surface area contributed by atoms with Crippen molar-refractivity contribution in [3.05, 3.63) is 59.7 Å². The highest BCUT2D eigenvalue weighted by Crippen LogP contribution is 2.29. The lowest BCUT2D eigenvalue weighted by molar-refractivity contribution is 0.0948. The molecule has 160 valence electrons. The largest absolute Gasteiger partial charge is 0.449 e. The van der Waals surface area contributed by atoms with Gasteiger partial charge < -0.3 is 9.64 Å². The number of fused-ring (bicyclic) bond motifs is 5. The second-order valence-corrected chi connectivity index (χ2v) is 9.96. The Morgan fingerprint density at radius 2 is 1.93 bits per heavy atom. The predicted octanol–water partition coefficient (Wildman–Crippen LogP) is 3.36. The number of nitrogens with one attached hydrogen (secondary N) is 1. The Bertz CT molecular complexity index is 1020. The van der Waals surface area contributed by atoms with Crippen molar-refractivity contribution in [1.82, 2.24) is 9.62 Å². The van der Waals surface area contributed by atoms with Crippen LogP contribution < -0.4 is 4.72 Å². The zero-order chi connectivity index (χ0) is 21.1. The van der Waals surface area contributed by atoms with Crippen molar-refractivity contribution in [2.45, 2.75) is 44.2 Å². The Labute approximate surface area is 178 Å². The van der Waals surface area contributed by atoms with Gasteiger partial charge in [0, 0.05) is 12.6 Å². The van der Waals surface area contributed by atoms with Gasteiger partial charge in [0.15, 0.2) is 0 Å². The van der Waals surface area contributed by atoms with Gasteiger partial charge in [-0.3, -0.25) is 0 Å². The summed E-state index contributed by atoms with van der Waals surface area (Å²) < 4.78 is 32.0. The van der Waals surface area contributed by atoms with Crippen molar-refractivity contribution in [3.8, 4) is 11.1 Å². The molecule has 2 bridgehead atoms. The first-order valence-corrected chi connectivity index (χ1v) is 12.4. The molecule has 1 amide bonds. The summed E-state index contributed by atoms with van der Waals surface area (Å²) in [5, 5.41) is 0. The van der Waals surface area contributed by atoms with Crippen molar-refractivity contribution in [3.63, 3.8) is 0 Å². The molecule has 2 atom stereocenters. The van der Waals surface area contributed by atoms with Gasteiger partial charge in [-0.05, 0) is 54.4 Å². The number of amides is 1. The summed E-state index contributed by atoms with van der Waals surface area (Å²) in [6.45, 7) is 0.860. The lowest BCUT2D eigenvalue weighted by Crippen LogP contribution is -2.47. The molecule has 0 radical (unpaired) electrons. The molecule has 0 saturated carbocycles. The molecule has 1 N–H and O–H groups in total. The molecule has 30 heavy (non-hydrogen) atoms. The SMILES string of the molecule is CS(=O)(=O)NC1CCN2C(=O)OCCCCc3ccccc3-c3cccc(c3)CC12. The number of carbonyl (C=O) groups excluding carboxylic acids is 1. The molecule has 1 fully saturated rings. The molecule has 2 aromatic rings. The number of rotatable bonds is 2. The molecule has 0 aliphatic carbocycles. The zero-order valence-electron chi connectivity index (χ0n) is 17.2. The van der Waals surface area contributed by atoms with Crippen LogP contribution >= 0.6 is 0 Å². The first kappa shape index (κ1) is 20.9. The molecule has 2 heterocycles. The summed E-state index contributed by atoms with van der Waals surface area (Å²) in [5.74, 6) is 0. The fourth-order valence-electron chi connectivity index (χ4n) is 4.53. The Kier molecular flexibility index (Phi) is 6.11. The minimum Gasteiger partial charge on any atom is -0.449 e. The molecular formula is C23H28N2O4S. The van der Waals surface area contributed by atoms with E-state index in [1.807, 2.05) is 12.1 Å². The first-order valence-electron chi connectivity index (χ1n) is 10.5. The van der Waals surface area contributed by atoms with Crippen LogP contribution in [-0.2, 0) is 27.6 Å². The lowest BCUT2D eigenvalue weighted by Gasteiger charge is -2.28.